The summed E-state index contributed by atoms with van der Waals surface area (Å²) in [5.41, 5.74) is 2.67. The van der Waals surface area contributed by atoms with E-state index in [0.717, 1.165) is 36.2 Å². The molecule has 0 radical (unpaired) electrons. The second-order valence-electron chi connectivity index (χ2n) is 8.69. The fourth-order valence-electron chi connectivity index (χ4n) is 4.81. The van der Waals surface area contributed by atoms with Crippen molar-refractivity contribution in [3.05, 3.63) is 60.2 Å². The standard InChI is InChI=1S/C24H32FNO3Si/c1-18-22(29-23(14-15-27)24(18)30(2,3)25)13-12-19-8-7-11-21(16-19)26(17-28)20-9-5-4-6-10-20/h4-11,16-18,22-24,27H,12-15H2,1-3H3/t18-,22+,23-,24+/m1/s1. The van der Waals surface area contributed by atoms with Gasteiger partial charge in [0.15, 0.2) is 0 Å². The first-order valence-electron chi connectivity index (χ1n) is 10.7. The van der Waals surface area contributed by atoms with Gasteiger partial charge in [0.1, 0.15) is 0 Å². The zero-order valence-electron chi connectivity index (χ0n) is 18.0. The number of aliphatic hydroxyl groups excluding tert-OH is 1. The Morgan fingerprint density at radius 2 is 1.77 bits per heavy atom. The van der Waals surface area contributed by atoms with E-state index in [1.54, 1.807) is 18.0 Å². The number of anilines is 2. The van der Waals surface area contributed by atoms with E-state index in [4.69, 9.17) is 4.74 Å². The van der Waals surface area contributed by atoms with Crippen LogP contribution in [0.5, 0.6) is 0 Å². The van der Waals surface area contributed by atoms with Crippen LogP contribution in [0, 0.1) is 5.92 Å². The van der Waals surface area contributed by atoms with Gasteiger partial charge in [-0.05, 0) is 68.1 Å². The van der Waals surface area contributed by atoms with Crippen LogP contribution >= 0.6 is 0 Å². The number of ether oxygens (including phenoxy) is 1. The van der Waals surface area contributed by atoms with Crippen molar-refractivity contribution in [3.8, 4) is 0 Å². The molecule has 0 aliphatic carbocycles. The third-order valence-corrected chi connectivity index (χ3v) is 8.64. The van der Waals surface area contributed by atoms with E-state index < -0.39 is 8.41 Å². The van der Waals surface area contributed by atoms with Gasteiger partial charge in [-0.25, -0.2) is 0 Å². The lowest BCUT2D eigenvalue weighted by Crippen LogP contribution is -2.36. The van der Waals surface area contributed by atoms with E-state index in [-0.39, 0.29) is 30.3 Å². The van der Waals surface area contributed by atoms with Gasteiger partial charge < -0.3 is 14.0 Å². The number of rotatable bonds is 9. The number of halogens is 1. The first-order chi connectivity index (χ1) is 14.3. The van der Waals surface area contributed by atoms with Gasteiger partial charge in [-0.3, -0.25) is 9.69 Å². The Kier molecular flexibility index (Phi) is 7.44. The minimum atomic E-state index is -2.89. The summed E-state index contributed by atoms with van der Waals surface area (Å²) < 4.78 is 21.1. The van der Waals surface area contributed by atoms with Gasteiger partial charge in [0.05, 0.1) is 12.2 Å². The number of carbonyl (C=O) groups is 1. The summed E-state index contributed by atoms with van der Waals surface area (Å²) in [5.74, 6) is 0.132. The first kappa shape index (κ1) is 22.7. The van der Waals surface area contributed by atoms with E-state index in [0.29, 0.717) is 6.42 Å². The lowest BCUT2D eigenvalue weighted by molar-refractivity contribution is -0.106. The predicted octanol–water partition coefficient (Wildman–Crippen LogP) is 5.24. The third-order valence-electron chi connectivity index (χ3n) is 6.16. The summed E-state index contributed by atoms with van der Waals surface area (Å²) >= 11 is 0. The molecule has 1 fully saturated rings. The normalized spacial score (nSPS) is 24.0. The van der Waals surface area contributed by atoms with Crippen molar-refractivity contribution < 1.29 is 18.7 Å². The van der Waals surface area contributed by atoms with Gasteiger partial charge in [-0.1, -0.05) is 37.3 Å². The van der Waals surface area contributed by atoms with E-state index >= 15 is 0 Å². The SMILES string of the molecule is C[C@H]1[C@H]([Si](C)(C)F)[C@@H](CCO)O[C@H]1CCc1cccc(N(C=O)c2ccccc2)c1. The van der Waals surface area contributed by atoms with Crippen LogP contribution in [0.1, 0.15) is 25.3 Å². The lowest BCUT2D eigenvalue weighted by Gasteiger charge is -2.28. The fraction of sp³-hybridized carbons (Fsp3) is 0.458. The molecule has 1 saturated heterocycles. The zero-order chi connectivity index (χ0) is 21.7. The van der Waals surface area contributed by atoms with Gasteiger partial charge >= 0.3 is 0 Å². The van der Waals surface area contributed by atoms with Crippen LogP contribution in [0.2, 0.25) is 18.6 Å². The average molecular weight is 430 g/mol. The van der Waals surface area contributed by atoms with Crippen LogP contribution in [0.15, 0.2) is 54.6 Å². The van der Waals surface area contributed by atoms with E-state index in [1.807, 2.05) is 54.6 Å². The second kappa shape index (κ2) is 9.86. The molecule has 1 heterocycles. The Bertz CT molecular complexity index is 827. The molecule has 0 aromatic heterocycles. The molecule has 6 heteroatoms. The molecular weight excluding hydrogens is 397 g/mol. The number of amides is 1. The highest BCUT2D eigenvalue weighted by atomic mass is 28.4. The first-order valence-corrected chi connectivity index (χ1v) is 13.6. The smallest absolute Gasteiger partial charge is 0.246 e. The van der Waals surface area contributed by atoms with Crippen molar-refractivity contribution in [1.29, 1.82) is 0 Å². The number of nitrogens with zero attached hydrogens (tertiary/aromatic N) is 1. The van der Waals surface area contributed by atoms with Gasteiger partial charge in [0.2, 0.25) is 14.8 Å². The average Bonchev–Trinajstić information content (AvgIpc) is 3.04. The molecule has 2 aromatic rings. The molecule has 1 aliphatic rings. The maximum atomic E-state index is 14.9. The van der Waals surface area contributed by atoms with Crippen molar-refractivity contribution in [2.75, 3.05) is 11.5 Å². The summed E-state index contributed by atoms with van der Waals surface area (Å²) in [6.07, 6.45) is 2.68. The summed E-state index contributed by atoms with van der Waals surface area (Å²) in [7, 11) is -2.89. The summed E-state index contributed by atoms with van der Waals surface area (Å²) in [6.45, 7) is 5.59. The summed E-state index contributed by atoms with van der Waals surface area (Å²) in [4.78, 5) is 13.3. The van der Waals surface area contributed by atoms with Crippen molar-refractivity contribution in [2.45, 2.75) is 57.0 Å². The number of hydrogen-bond acceptors (Lipinski definition) is 3. The molecule has 162 valence electrons. The predicted molar refractivity (Wildman–Crippen MR) is 121 cm³/mol. The maximum Gasteiger partial charge on any atom is 0.246 e. The minimum Gasteiger partial charge on any atom is -0.396 e. The van der Waals surface area contributed by atoms with Gasteiger partial charge in [-0.15, -0.1) is 0 Å². The van der Waals surface area contributed by atoms with Crippen molar-refractivity contribution in [1.82, 2.24) is 0 Å². The lowest BCUT2D eigenvalue weighted by atomic mass is 9.95. The van der Waals surface area contributed by atoms with Crippen LogP contribution in [0.25, 0.3) is 0 Å². The van der Waals surface area contributed by atoms with E-state index in [2.05, 4.69) is 6.92 Å². The second-order valence-corrected chi connectivity index (χ2v) is 12.5. The Balaban J connectivity index is 1.70. The number of aryl methyl sites for hydroxylation is 1. The molecule has 4 nitrogen and oxygen atoms in total. The largest absolute Gasteiger partial charge is 0.396 e. The topological polar surface area (TPSA) is 49.8 Å². The van der Waals surface area contributed by atoms with Gasteiger partial charge in [0, 0.05) is 23.5 Å². The van der Waals surface area contributed by atoms with Crippen LogP contribution in [0.3, 0.4) is 0 Å². The Labute approximate surface area is 179 Å². The number of hydrogen-bond donors (Lipinski definition) is 1. The molecule has 1 aliphatic heterocycles. The maximum absolute atomic E-state index is 14.9. The highest BCUT2D eigenvalue weighted by molar-refractivity contribution is 6.72. The molecule has 1 amide bonds. The van der Waals surface area contributed by atoms with E-state index in [1.165, 1.54) is 0 Å². The zero-order valence-corrected chi connectivity index (χ0v) is 19.0. The quantitative estimate of drug-likeness (QED) is 0.337. The number of aliphatic hydroxyl groups is 1. The molecule has 4 atom stereocenters. The third kappa shape index (κ3) is 5.17. The summed E-state index contributed by atoms with van der Waals surface area (Å²) in [6, 6.07) is 17.5. The van der Waals surface area contributed by atoms with Gasteiger partial charge in [-0.2, -0.15) is 0 Å². The number of benzene rings is 2. The molecular formula is C24H32FNO3Si. The Morgan fingerprint density at radius 1 is 1.07 bits per heavy atom. The van der Waals surface area contributed by atoms with Crippen LogP contribution in [-0.2, 0) is 16.0 Å². The number of para-hydroxylation sites is 1. The van der Waals surface area contributed by atoms with Crippen molar-refractivity contribution >= 4 is 26.2 Å². The van der Waals surface area contributed by atoms with Crippen LogP contribution in [-0.4, -0.2) is 38.7 Å². The van der Waals surface area contributed by atoms with E-state index in [9.17, 15) is 14.0 Å². The molecule has 0 saturated carbocycles. The molecule has 1 N–H and O–H groups in total. The Morgan fingerprint density at radius 3 is 2.40 bits per heavy atom. The highest BCUT2D eigenvalue weighted by Crippen LogP contribution is 2.46. The number of carbonyl (C=O) groups excluding carboxylic acids is 1. The molecule has 0 spiro atoms. The molecule has 2 aromatic carbocycles. The summed E-state index contributed by atoms with van der Waals surface area (Å²) in [5, 5.41) is 9.37. The Hall–Kier alpha value is -2.02. The molecule has 3 rings (SSSR count). The monoisotopic (exact) mass is 429 g/mol. The molecule has 0 bridgehead atoms. The molecule has 30 heavy (non-hydrogen) atoms. The van der Waals surface area contributed by atoms with Crippen molar-refractivity contribution in [2.24, 2.45) is 5.92 Å². The van der Waals surface area contributed by atoms with Crippen molar-refractivity contribution in [3.63, 3.8) is 0 Å². The van der Waals surface area contributed by atoms with Crippen LogP contribution in [0.4, 0.5) is 15.5 Å². The highest BCUT2D eigenvalue weighted by Gasteiger charge is 2.50. The van der Waals surface area contributed by atoms with Crippen LogP contribution < -0.4 is 4.90 Å². The molecule has 0 unspecified atom stereocenters. The van der Waals surface area contributed by atoms with Gasteiger partial charge in [0.25, 0.3) is 0 Å². The fourth-order valence-corrected chi connectivity index (χ4v) is 7.40. The minimum absolute atomic E-state index is 0.0194.